The second-order valence-corrected chi connectivity index (χ2v) is 8.41. The lowest BCUT2D eigenvalue weighted by atomic mass is 9.47. The molecule has 3 nitrogen and oxygen atoms in total. The summed E-state index contributed by atoms with van der Waals surface area (Å²) in [5, 5.41) is 3.40. The van der Waals surface area contributed by atoms with Crippen molar-refractivity contribution >= 4 is 5.91 Å². The summed E-state index contributed by atoms with van der Waals surface area (Å²) in [4.78, 5) is 12.9. The lowest BCUT2D eigenvalue weighted by Crippen LogP contribution is -2.64. The van der Waals surface area contributed by atoms with Crippen LogP contribution in [0.1, 0.15) is 70.6 Å². The summed E-state index contributed by atoms with van der Waals surface area (Å²) in [5.74, 6) is 1.80. The maximum absolute atomic E-state index is 12.9. The molecule has 0 saturated heterocycles. The highest BCUT2D eigenvalue weighted by molar-refractivity contribution is 5.83. The lowest BCUT2D eigenvalue weighted by molar-refractivity contribution is -0.149. The largest absolute Gasteiger partial charge is 0.353 e. The van der Waals surface area contributed by atoms with Crippen LogP contribution in [0.25, 0.3) is 0 Å². The Morgan fingerprint density at radius 1 is 1.00 bits per heavy atom. The molecule has 1 amide bonds. The van der Waals surface area contributed by atoms with Crippen LogP contribution in [0.4, 0.5) is 0 Å². The third kappa shape index (κ3) is 2.09. The fourth-order valence-electron chi connectivity index (χ4n) is 6.18. The van der Waals surface area contributed by atoms with Gasteiger partial charge in [-0.3, -0.25) is 4.79 Å². The Morgan fingerprint density at radius 3 is 2.25 bits per heavy atom. The van der Waals surface area contributed by atoms with Crippen molar-refractivity contribution in [1.29, 1.82) is 0 Å². The van der Waals surface area contributed by atoms with Crippen LogP contribution in [0.3, 0.4) is 0 Å². The summed E-state index contributed by atoms with van der Waals surface area (Å²) >= 11 is 0. The molecule has 0 aromatic heterocycles. The third-order valence-electron chi connectivity index (χ3n) is 6.53. The Kier molecular flexibility index (Phi) is 2.93. The predicted molar refractivity (Wildman–Crippen MR) is 79.0 cm³/mol. The van der Waals surface area contributed by atoms with E-state index in [2.05, 4.69) is 5.32 Å². The number of hydrogen-bond donors (Lipinski definition) is 2. The Bertz CT molecular complexity index is 399. The fourth-order valence-corrected chi connectivity index (χ4v) is 6.18. The number of carbonyl (C=O) groups is 1. The van der Waals surface area contributed by atoms with Gasteiger partial charge < -0.3 is 11.1 Å². The normalized spacial score (nSPS) is 47.5. The first kappa shape index (κ1) is 13.1. The molecule has 5 rings (SSSR count). The van der Waals surface area contributed by atoms with E-state index in [-0.39, 0.29) is 11.0 Å². The molecule has 5 aliphatic rings. The van der Waals surface area contributed by atoms with Gasteiger partial charge in [-0.05, 0) is 63.2 Å². The number of nitrogens with two attached hydrogens (primary N) is 1. The second-order valence-electron chi connectivity index (χ2n) is 8.41. The Morgan fingerprint density at radius 2 is 1.65 bits per heavy atom. The summed E-state index contributed by atoms with van der Waals surface area (Å²) in [7, 11) is 0. The van der Waals surface area contributed by atoms with Crippen molar-refractivity contribution in [3.63, 3.8) is 0 Å². The average molecular weight is 276 g/mol. The minimum Gasteiger partial charge on any atom is -0.353 e. The van der Waals surface area contributed by atoms with Gasteiger partial charge in [-0.15, -0.1) is 0 Å². The van der Waals surface area contributed by atoms with E-state index in [1.54, 1.807) is 0 Å². The van der Waals surface area contributed by atoms with Crippen LogP contribution in [0.2, 0.25) is 0 Å². The van der Waals surface area contributed by atoms with Crippen LogP contribution >= 0.6 is 0 Å². The molecule has 0 heterocycles. The van der Waals surface area contributed by atoms with Gasteiger partial charge in [0.1, 0.15) is 0 Å². The molecule has 0 aromatic carbocycles. The third-order valence-corrected chi connectivity index (χ3v) is 6.53. The maximum atomic E-state index is 12.9. The number of amides is 1. The van der Waals surface area contributed by atoms with Crippen molar-refractivity contribution in [1.82, 2.24) is 5.32 Å². The van der Waals surface area contributed by atoms with Crippen LogP contribution in [-0.4, -0.2) is 17.5 Å². The fraction of sp³-hybridized carbons (Fsp3) is 0.941. The molecule has 2 atom stereocenters. The van der Waals surface area contributed by atoms with Gasteiger partial charge in [0.05, 0.1) is 5.41 Å². The Labute approximate surface area is 122 Å². The SMILES string of the molecule is NC12CC3CC(C1)CC(C(=O)NC1CCCCC1)(C3)C2. The van der Waals surface area contributed by atoms with Crippen LogP contribution in [-0.2, 0) is 4.79 Å². The van der Waals surface area contributed by atoms with Crippen molar-refractivity contribution in [3.05, 3.63) is 0 Å². The first-order valence-corrected chi connectivity index (χ1v) is 8.67. The number of rotatable bonds is 2. The monoisotopic (exact) mass is 276 g/mol. The minimum absolute atomic E-state index is 0.0199. The van der Waals surface area contributed by atoms with E-state index in [9.17, 15) is 4.79 Å². The molecule has 0 aliphatic heterocycles. The Hall–Kier alpha value is -0.570. The van der Waals surface area contributed by atoms with E-state index in [1.807, 2.05) is 0 Å². The van der Waals surface area contributed by atoms with Crippen LogP contribution in [0, 0.1) is 17.3 Å². The molecular weight excluding hydrogens is 248 g/mol. The van der Waals surface area contributed by atoms with E-state index < -0.39 is 0 Å². The molecule has 0 spiro atoms. The van der Waals surface area contributed by atoms with Gasteiger partial charge in [0.2, 0.25) is 5.91 Å². The minimum atomic E-state index is -0.101. The van der Waals surface area contributed by atoms with Crippen LogP contribution < -0.4 is 11.1 Å². The van der Waals surface area contributed by atoms with E-state index in [1.165, 1.54) is 51.4 Å². The molecule has 5 fully saturated rings. The topological polar surface area (TPSA) is 55.1 Å². The van der Waals surface area contributed by atoms with E-state index in [0.717, 1.165) is 31.1 Å². The predicted octanol–water partition coefficient (Wildman–Crippen LogP) is 2.73. The van der Waals surface area contributed by atoms with Gasteiger partial charge in [0, 0.05) is 11.6 Å². The summed E-state index contributed by atoms with van der Waals surface area (Å²) in [5.41, 5.74) is 6.48. The molecule has 4 bridgehead atoms. The molecule has 3 N–H and O–H groups in total. The zero-order chi connectivity index (χ0) is 13.8. The van der Waals surface area contributed by atoms with Gasteiger partial charge in [0.15, 0.2) is 0 Å². The van der Waals surface area contributed by atoms with Crippen molar-refractivity contribution in [3.8, 4) is 0 Å². The van der Waals surface area contributed by atoms with Crippen LogP contribution in [0.5, 0.6) is 0 Å². The second kappa shape index (κ2) is 4.46. The van der Waals surface area contributed by atoms with Crippen molar-refractivity contribution in [2.45, 2.75) is 82.2 Å². The highest BCUT2D eigenvalue weighted by Crippen LogP contribution is 2.60. The number of carbonyl (C=O) groups excluding carboxylic acids is 1. The zero-order valence-corrected chi connectivity index (χ0v) is 12.5. The quantitative estimate of drug-likeness (QED) is 0.815. The molecular formula is C17H28N2O. The van der Waals surface area contributed by atoms with Gasteiger partial charge in [-0.25, -0.2) is 0 Å². The Balaban J connectivity index is 1.50. The molecule has 0 radical (unpaired) electrons. The molecule has 5 aliphatic carbocycles. The summed E-state index contributed by atoms with van der Waals surface area (Å²) in [6.45, 7) is 0. The zero-order valence-electron chi connectivity index (χ0n) is 12.5. The standard InChI is InChI=1S/C17H28N2O/c18-17-9-12-6-13(10-17)8-16(7-12,11-17)15(20)19-14-4-2-1-3-5-14/h12-14H,1-11,18H2,(H,19,20). The van der Waals surface area contributed by atoms with Gasteiger partial charge in [-0.2, -0.15) is 0 Å². The van der Waals surface area contributed by atoms with Crippen LogP contribution in [0.15, 0.2) is 0 Å². The van der Waals surface area contributed by atoms with Gasteiger partial charge >= 0.3 is 0 Å². The summed E-state index contributed by atoms with van der Waals surface area (Å²) in [6.07, 6.45) is 13.1. The van der Waals surface area contributed by atoms with Gasteiger partial charge in [-0.1, -0.05) is 19.3 Å². The lowest BCUT2D eigenvalue weighted by Gasteiger charge is -2.60. The molecule has 3 heteroatoms. The maximum Gasteiger partial charge on any atom is 0.226 e. The highest BCUT2D eigenvalue weighted by Gasteiger charge is 2.59. The molecule has 5 saturated carbocycles. The highest BCUT2D eigenvalue weighted by atomic mass is 16.2. The van der Waals surface area contributed by atoms with E-state index in [4.69, 9.17) is 5.73 Å². The van der Waals surface area contributed by atoms with Crippen molar-refractivity contribution < 1.29 is 4.79 Å². The average Bonchev–Trinajstić information content (AvgIpc) is 2.37. The summed E-state index contributed by atoms with van der Waals surface area (Å²) < 4.78 is 0. The van der Waals surface area contributed by atoms with Crippen molar-refractivity contribution in [2.24, 2.45) is 23.0 Å². The molecule has 0 aromatic rings. The first-order valence-electron chi connectivity index (χ1n) is 8.67. The molecule has 2 unspecified atom stereocenters. The van der Waals surface area contributed by atoms with Crippen molar-refractivity contribution in [2.75, 3.05) is 0 Å². The number of hydrogen-bond acceptors (Lipinski definition) is 2. The summed E-state index contributed by atoms with van der Waals surface area (Å²) in [6, 6.07) is 0.443. The van der Waals surface area contributed by atoms with E-state index >= 15 is 0 Å². The van der Waals surface area contributed by atoms with Gasteiger partial charge in [0.25, 0.3) is 0 Å². The smallest absolute Gasteiger partial charge is 0.226 e. The first-order chi connectivity index (χ1) is 9.57. The molecule has 112 valence electrons. The number of nitrogens with one attached hydrogen (secondary N) is 1. The van der Waals surface area contributed by atoms with E-state index in [0.29, 0.717) is 11.9 Å². The molecule has 20 heavy (non-hydrogen) atoms.